The number of ether oxygens (including phenoxy) is 1. The molecule has 4 nitrogen and oxygen atoms in total. The average molecular weight is 352 g/mol. The molecule has 21 heavy (non-hydrogen) atoms. The van der Waals surface area contributed by atoms with Crippen LogP contribution in [0.15, 0.2) is 28.7 Å². The van der Waals surface area contributed by atoms with Crippen molar-refractivity contribution >= 4 is 15.9 Å². The van der Waals surface area contributed by atoms with Crippen LogP contribution in [0.1, 0.15) is 23.9 Å². The Labute approximate surface area is 134 Å². The van der Waals surface area contributed by atoms with Gasteiger partial charge < -0.3 is 10.1 Å². The standard InChI is InChI=1S/C16H22BrN3O/c1-4-18-11-16-12(2)19-20(13(16)3)8-9-21-15-7-5-6-14(17)10-15/h5-7,10,18H,4,8-9,11H2,1-3H3. The second-order valence-corrected chi connectivity index (χ2v) is 5.87. The van der Waals surface area contributed by atoms with Gasteiger partial charge in [-0.2, -0.15) is 5.10 Å². The van der Waals surface area contributed by atoms with Crippen molar-refractivity contribution in [3.63, 3.8) is 0 Å². The number of aromatic nitrogens is 2. The average Bonchev–Trinajstić information content (AvgIpc) is 2.72. The molecule has 0 fully saturated rings. The van der Waals surface area contributed by atoms with E-state index in [-0.39, 0.29) is 0 Å². The summed E-state index contributed by atoms with van der Waals surface area (Å²) >= 11 is 3.44. The second kappa shape index (κ2) is 7.61. The lowest BCUT2D eigenvalue weighted by atomic mass is 10.2. The van der Waals surface area contributed by atoms with Crippen LogP contribution in [0, 0.1) is 13.8 Å². The third kappa shape index (κ3) is 4.32. The Kier molecular flexibility index (Phi) is 5.82. The summed E-state index contributed by atoms with van der Waals surface area (Å²) in [6, 6.07) is 7.89. The van der Waals surface area contributed by atoms with Crippen LogP contribution in [-0.2, 0) is 13.1 Å². The van der Waals surface area contributed by atoms with Crippen molar-refractivity contribution in [3.8, 4) is 5.75 Å². The van der Waals surface area contributed by atoms with E-state index in [9.17, 15) is 0 Å². The summed E-state index contributed by atoms with van der Waals surface area (Å²) in [5.74, 6) is 0.874. The summed E-state index contributed by atoms with van der Waals surface area (Å²) < 4.78 is 8.82. The maximum absolute atomic E-state index is 5.77. The number of halogens is 1. The number of aryl methyl sites for hydroxylation is 1. The van der Waals surface area contributed by atoms with Gasteiger partial charge in [0.25, 0.3) is 0 Å². The molecule has 1 aromatic heterocycles. The third-order valence-corrected chi connectivity index (χ3v) is 3.94. The molecule has 5 heteroatoms. The lowest BCUT2D eigenvalue weighted by Gasteiger charge is -2.08. The molecule has 0 radical (unpaired) electrons. The molecule has 0 bridgehead atoms. The Bertz CT molecular complexity index is 595. The highest BCUT2D eigenvalue weighted by molar-refractivity contribution is 9.10. The van der Waals surface area contributed by atoms with Crippen LogP contribution in [0.2, 0.25) is 0 Å². The first-order chi connectivity index (χ1) is 10.1. The van der Waals surface area contributed by atoms with Gasteiger partial charge in [0.15, 0.2) is 0 Å². The highest BCUT2D eigenvalue weighted by atomic mass is 79.9. The molecule has 114 valence electrons. The number of rotatable bonds is 7. The molecule has 0 aliphatic carbocycles. The van der Waals surface area contributed by atoms with Crippen LogP contribution in [0.5, 0.6) is 5.75 Å². The Morgan fingerprint density at radius 2 is 2.14 bits per heavy atom. The van der Waals surface area contributed by atoms with Gasteiger partial charge in [-0.25, -0.2) is 0 Å². The molecule has 0 amide bonds. The fraction of sp³-hybridized carbons (Fsp3) is 0.438. The van der Waals surface area contributed by atoms with Crippen LogP contribution in [0.3, 0.4) is 0 Å². The number of nitrogens with zero attached hydrogens (tertiary/aromatic N) is 2. The lowest BCUT2D eigenvalue weighted by Crippen LogP contribution is -2.14. The third-order valence-electron chi connectivity index (χ3n) is 3.45. The summed E-state index contributed by atoms with van der Waals surface area (Å²) in [6.45, 7) is 9.50. The minimum absolute atomic E-state index is 0.610. The number of benzene rings is 1. The molecular weight excluding hydrogens is 330 g/mol. The largest absolute Gasteiger partial charge is 0.492 e. The van der Waals surface area contributed by atoms with E-state index in [4.69, 9.17) is 4.74 Å². The van der Waals surface area contributed by atoms with Crippen molar-refractivity contribution in [3.05, 3.63) is 45.7 Å². The van der Waals surface area contributed by atoms with E-state index >= 15 is 0 Å². The van der Waals surface area contributed by atoms with Crippen molar-refractivity contribution in [2.75, 3.05) is 13.2 Å². The van der Waals surface area contributed by atoms with Crippen molar-refractivity contribution < 1.29 is 4.74 Å². The van der Waals surface area contributed by atoms with E-state index in [0.29, 0.717) is 6.61 Å². The van der Waals surface area contributed by atoms with Gasteiger partial charge in [-0.05, 0) is 38.6 Å². The summed E-state index contributed by atoms with van der Waals surface area (Å²) in [4.78, 5) is 0. The van der Waals surface area contributed by atoms with Crippen LogP contribution in [0.4, 0.5) is 0 Å². The number of hydrogen-bond acceptors (Lipinski definition) is 3. The first-order valence-corrected chi connectivity index (χ1v) is 8.03. The quantitative estimate of drug-likeness (QED) is 0.830. The maximum atomic E-state index is 5.77. The molecule has 0 aliphatic rings. The van der Waals surface area contributed by atoms with Gasteiger partial charge >= 0.3 is 0 Å². The fourth-order valence-electron chi connectivity index (χ4n) is 2.26. The van der Waals surface area contributed by atoms with Gasteiger partial charge in [0.1, 0.15) is 12.4 Å². The van der Waals surface area contributed by atoms with E-state index in [0.717, 1.165) is 35.6 Å². The molecule has 0 saturated heterocycles. The predicted molar refractivity (Wildman–Crippen MR) is 88.7 cm³/mol. The summed E-state index contributed by atoms with van der Waals surface area (Å²) in [5, 5.41) is 7.96. The molecule has 0 spiro atoms. The van der Waals surface area contributed by atoms with Gasteiger partial charge in [0, 0.05) is 22.3 Å². The molecule has 0 unspecified atom stereocenters. The minimum atomic E-state index is 0.610. The van der Waals surface area contributed by atoms with Crippen molar-refractivity contribution in [1.82, 2.24) is 15.1 Å². The Morgan fingerprint density at radius 3 is 2.86 bits per heavy atom. The van der Waals surface area contributed by atoms with Gasteiger partial charge in [-0.1, -0.05) is 28.9 Å². The smallest absolute Gasteiger partial charge is 0.120 e. The van der Waals surface area contributed by atoms with Crippen LogP contribution in [-0.4, -0.2) is 22.9 Å². The molecule has 2 aromatic rings. The van der Waals surface area contributed by atoms with Gasteiger partial charge in [-0.15, -0.1) is 0 Å². The van der Waals surface area contributed by atoms with E-state index in [1.54, 1.807) is 0 Å². The van der Waals surface area contributed by atoms with Crippen molar-refractivity contribution in [2.45, 2.75) is 33.9 Å². The first kappa shape index (κ1) is 16.0. The molecular formula is C16H22BrN3O. The van der Waals surface area contributed by atoms with Crippen molar-refractivity contribution in [1.29, 1.82) is 0 Å². The van der Waals surface area contributed by atoms with Gasteiger partial charge in [0.2, 0.25) is 0 Å². The summed E-state index contributed by atoms with van der Waals surface area (Å²) in [6.07, 6.45) is 0. The lowest BCUT2D eigenvalue weighted by molar-refractivity contribution is 0.289. The zero-order chi connectivity index (χ0) is 15.2. The molecule has 0 saturated carbocycles. The number of nitrogens with one attached hydrogen (secondary N) is 1. The molecule has 2 rings (SSSR count). The SMILES string of the molecule is CCNCc1c(C)nn(CCOc2cccc(Br)c2)c1C. The Hall–Kier alpha value is -1.33. The Morgan fingerprint density at radius 1 is 1.33 bits per heavy atom. The van der Waals surface area contributed by atoms with E-state index in [2.05, 4.69) is 47.1 Å². The molecule has 1 aromatic carbocycles. The van der Waals surface area contributed by atoms with E-state index in [1.165, 1.54) is 11.3 Å². The second-order valence-electron chi connectivity index (χ2n) is 4.96. The zero-order valence-corrected chi connectivity index (χ0v) is 14.4. The topological polar surface area (TPSA) is 39.1 Å². The Balaban J connectivity index is 1.94. The molecule has 0 aliphatic heterocycles. The van der Waals surface area contributed by atoms with Crippen LogP contribution < -0.4 is 10.1 Å². The minimum Gasteiger partial charge on any atom is -0.492 e. The fourth-order valence-corrected chi connectivity index (χ4v) is 2.64. The highest BCUT2D eigenvalue weighted by Crippen LogP contribution is 2.18. The van der Waals surface area contributed by atoms with Crippen molar-refractivity contribution in [2.24, 2.45) is 0 Å². The van der Waals surface area contributed by atoms with Crippen LogP contribution >= 0.6 is 15.9 Å². The normalized spacial score (nSPS) is 10.9. The van der Waals surface area contributed by atoms with E-state index < -0.39 is 0 Å². The van der Waals surface area contributed by atoms with Crippen LogP contribution in [0.25, 0.3) is 0 Å². The molecule has 0 atom stereocenters. The number of hydrogen-bond donors (Lipinski definition) is 1. The molecule has 1 heterocycles. The maximum Gasteiger partial charge on any atom is 0.120 e. The first-order valence-electron chi connectivity index (χ1n) is 7.23. The molecule has 1 N–H and O–H groups in total. The zero-order valence-electron chi connectivity index (χ0n) is 12.8. The highest BCUT2D eigenvalue weighted by Gasteiger charge is 2.10. The summed E-state index contributed by atoms with van der Waals surface area (Å²) in [5.41, 5.74) is 3.60. The summed E-state index contributed by atoms with van der Waals surface area (Å²) in [7, 11) is 0. The van der Waals surface area contributed by atoms with Gasteiger partial charge in [0.05, 0.1) is 12.2 Å². The predicted octanol–water partition coefficient (Wildman–Crippen LogP) is 3.45. The van der Waals surface area contributed by atoms with E-state index in [1.807, 2.05) is 28.9 Å². The monoisotopic (exact) mass is 351 g/mol. The van der Waals surface area contributed by atoms with Gasteiger partial charge in [-0.3, -0.25) is 4.68 Å².